The molecule has 1 atom stereocenters. The molecule has 7 heteroatoms. The van der Waals surface area contributed by atoms with E-state index in [1.165, 1.54) is 25.8 Å². The molecule has 0 aromatic carbocycles. The molecule has 1 unspecified atom stereocenters. The van der Waals surface area contributed by atoms with Gasteiger partial charge in [-0.1, -0.05) is 6.42 Å². The minimum absolute atomic E-state index is 0.197. The SMILES string of the molecule is CC1CCCCN1CCCNC(=O)c1ccc(NN)nn1. The molecular formula is C14H24N6O. The molecule has 0 aliphatic carbocycles. The third-order valence-electron chi connectivity index (χ3n) is 3.89. The molecule has 1 saturated heterocycles. The lowest BCUT2D eigenvalue weighted by atomic mass is 10.0. The number of likely N-dealkylation sites (tertiary alicyclic amines) is 1. The molecular weight excluding hydrogens is 268 g/mol. The molecule has 1 aliphatic rings. The van der Waals surface area contributed by atoms with Crippen LogP contribution in [0, 0.1) is 0 Å². The molecule has 1 fully saturated rings. The average molecular weight is 292 g/mol. The number of aromatic nitrogens is 2. The van der Waals surface area contributed by atoms with Gasteiger partial charge < -0.3 is 15.6 Å². The fourth-order valence-electron chi connectivity index (χ4n) is 2.59. The van der Waals surface area contributed by atoms with Crippen LogP contribution in [0.1, 0.15) is 43.1 Å². The normalized spacial score (nSPS) is 19.2. The van der Waals surface area contributed by atoms with Crippen LogP contribution in [0.3, 0.4) is 0 Å². The zero-order valence-corrected chi connectivity index (χ0v) is 12.5. The van der Waals surface area contributed by atoms with Gasteiger partial charge in [0.15, 0.2) is 11.5 Å². The third kappa shape index (κ3) is 4.64. The van der Waals surface area contributed by atoms with Gasteiger partial charge in [-0.3, -0.25) is 4.79 Å². The minimum Gasteiger partial charge on any atom is -0.351 e. The topological polar surface area (TPSA) is 96.2 Å². The number of amides is 1. The molecule has 1 aliphatic heterocycles. The number of nitrogens with one attached hydrogen (secondary N) is 2. The molecule has 7 nitrogen and oxygen atoms in total. The van der Waals surface area contributed by atoms with Crippen molar-refractivity contribution < 1.29 is 4.79 Å². The van der Waals surface area contributed by atoms with Gasteiger partial charge in [-0.25, -0.2) is 5.84 Å². The van der Waals surface area contributed by atoms with E-state index in [-0.39, 0.29) is 5.91 Å². The first kappa shape index (κ1) is 15.7. The first-order chi connectivity index (χ1) is 10.2. The first-order valence-electron chi connectivity index (χ1n) is 7.53. The van der Waals surface area contributed by atoms with Crippen LogP contribution in [-0.4, -0.2) is 46.7 Å². The van der Waals surface area contributed by atoms with Gasteiger partial charge in [-0.05, 0) is 44.9 Å². The van der Waals surface area contributed by atoms with E-state index in [0.29, 0.717) is 24.1 Å². The van der Waals surface area contributed by atoms with Gasteiger partial charge in [0.2, 0.25) is 0 Å². The van der Waals surface area contributed by atoms with Crippen LogP contribution in [0.4, 0.5) is 5.82 Å². The molecule has 0 radical (unpaired) electrons. The van der Waals surface area contributed by atoms with Crippen molar-refractivity contribution in [3.05, 3.63) is 17.8 Å². The standard InChI is InChI=1S/C14H24N6O/c1-11-5-2-3-9-20(11)10-4-8-16-14(21)12-6-7-13(17-15)19-18-12/h6-7,11H,2-5,8-10,15H2,1H3,(H,16,21)(H,17,19). The second kappa shape index (κ2) is 7.90. The number of piperidine rings is 1. The van der Waals surface area contributed by atoms with E-state index in [1.54, 1.807) is 12.1 Å². The van der Waals surface area contributed by atoms with E-state index in [0.717, 1.165) is 13.0 Å². The molecule has 1 amide bonds. The van der Waals surface area contributed by atoms with Gasteiger partial charge in [-0.15, -0.1) is 10.2 Å². The van der Waals surface area contributed by atoms with Gasteiger partial charge >= 0.3 is 0 Å². The van der Waals surface area contributed by atoms with E-state index < -0.39 is 0 Å². The molecule has 2 heterocycles. The number of nitrogens with two attached hydrogens (primary N) is 1. The number of hydrazine groups is 1. The van der Waals surface area contributed by atoms with Crippen molar-refractivity contribution in [2.24, 2.45) is 5.84 Å². The van der Waals surface area contributed by atoms with Gasteiger partial charge in [0, 0.05) is 19.1 Å². The maximum atomic E-state index is 11.9. The van der Waals surface area contributed by atoms with Crippen LogP contribution in [-0.2, 0) is 0 Å². The Morgan fingerprint density at radius 2 is 2.29 bits per heavy atom. The Balaban J connectivity index is 1.68. The molecule has 1 aromatic rings. The van der Waals surface area contributed by atoms with E-state index >= 15 is 0 Å². The predicted octanol–water partition coefficient (Wildman–Crippen LogP) is 0.757. The van der Waals surface area contributed by atoms with E-state index in [4.69, 9.17) is 5.84 Å². The summed E-state index contributed by atoms with van der Waals surface area (Å²) in [7, 11) is 0. The monoisotopic (exact) mass is 292 g/mol. The van der Waals surface area contributed by atoms with Crippen LogP contribution in [0.15, 0.2) is 12.1 Å². The van der Waals surface area contributed by atoms with Crippen LogP contribution < -0.4 is 16.6 Å². The molecule has 0 bridgehead atoms. The minimum atomic E-state index is -0.197. The van der Waals surface area contributed by atoms with Crippen molar-refractivity contribution in [2.45, 2.75) is 38.6 Å². The Kier molecular flexibility index (Phi) is 5.89. The van der Waals surface area contributed by atoms with Crippen LogP contribution in [0.2, 0.25) is 0 Å². The molecule has 0 saturated carbocycles. The molecule has 1 aromatic heterocycles. The summed E-state index contributed by atoms with van der Waals surface area (Å²) in [6, 6.07) is 3.89. The van der Waals surface area contributed by atoms with Gasteiger partial charge in [0.1, 0.15) is 0 Å². The molecule has 116 valence electrons. The molecule has 2 rings (SSSR count). The maximum Gasteiger partial charge on any atom is 0.271 e. The number of nitrogen functional groups attached to an aromatic ring is 1. The quantitative estimate of drug-likeness (QED) is 0.407. The summed E-state index contributed by atoms with van der Waals surface area (Å²) in [4.78, 5) is 14.4. The molecule has 0 spiro atoms. The third-order valence-corrected chi connectivity index (χ3v) is 3.89. The van der Waals surface area contributed by atoms with Crippen LogP contribution >= 0.6 is 0 Å². The Hall–Kier alpha value is -1.73. The second-order valence-corrected chi connectivity index (χ2v) is 5.44. The summed E-state index contributed by atoms with van der Waals surface area (Å²) in [5, 5.41) is 10.5. The Bertz CT molecular complexity index is 449. The highest BCUT2D eigenvalue weighted by Crippen LogP contribution is 2.16. The second-order valence-electron chi connectivity index (χ2n) is 5.44. The van der Waals surface area contributed by atoms with Crippen molar-refractivity contribution in [1.29, 1.82) is 0 Å². The number of rotatable bonds is 6. The summed E-state index contributed by atoms with van der Waals surface area (Å²) < 4.78 is 0. The summed E-state index contributed by atoms with van der Waals surface area (Å²) in [6.07, 6.45) is 4.85. The highest BCUT2D eigenvalue weighted by Gasteiger charge is 2.17. The van der Waals surface area contributed by atoms with Gasteiger partial charge in [0.05, 0.1) is 0 Å². The smallest absolute Gasteiger partial charge is 0.271 e. The van der Waals surface area contributed by atoms with E-state index in [9.17, 15) is 4.79 Å². The largest absolute Gasteiger partial charge is 0.351 e. The number of nitrogens with zero attached hydrogens (tertiary/aromatic N) is 3. The Morgan fingerprint density at radius 1 is 1.43 bits per heavy atom. The fourth-order valence-corrected chi connectivity index (χ4v) is 2.59. The summed E-state index contributed by atoms with van der Waals surface area (Å²) in [6.45, 7) is 5.14. The zero-order chi connectivity index (χ0) is 15.1. The van der Waals surface area contributed by atoms with E-state index in [2.05, 4.69) is 32.8 Å². The first-order valence-corrected chi connectivity index (χ1v) is 7.53. The predicted molar refractivity (Wildman–Crippen MR) is 81.7 cm³/mol. The fraction of sp³-hybridized carbons (Fsp3) is 0.643. The number of hydrogen-bond acceptors (Lipinski definition) is 6. The Morgan fingerprint density at radius 3 is 2.95 bits per heavy atom. The number of carbonyl (C=O) groups is 1. The maximum absolute atomic E-state index is 11.9. The van der Waals surface area contributed by atoms with Crippen molar-refractivity contribution in [2.75, 3.05) is 25.1 Å². The number of carbonyl (C=O) groups excluding carboxylic acids is 1. The van der Waals surface area contributed by atoms with Gasteiger partial charge in [-0.2, -0.15) is 0 Å². The van der Waals surface area contributed by atoms with Crippen molar-refractivity contribution >= 4 is 11.7 Å². The van der Waals surface area contributed by atoms with Crippen molar-refractivity contribution in [1.82, 2.24) is 20.4 Å². The van der Waals surface area contributed by atoms with Crippen LogP contribution in [0.25, 0.3) is 0 Å². The van der Waals surface area contributed by atoms with Gasteiger partial charge in [0.25, 0.3) is 5.91 Å². The number of anilines is 1. The average Bonchev–Trinajstić information content (AvgIpc) is 2.53. The zero-order valence-electron chi connectivity index (χ0n) is 12.5. The summed E-state index contributed by atoms with van der Waals surface area (Å²) >= 11 is 0. The summed E-state index contributed by atoms with van der Waals surface area (Å²) in [5.74, 6) is 5.44. The highest BCUT2D eigenvalue weighted by atomic mass is 16.1. The Labute approximate surface area is 125 Å². The van der Waals surface area contributed by atoms with Crippen LogP contribution in [0.5, 0.6) is 0 Å². The van der Waals surface area contributed by atoms with Crippen molar-refractivity contribution in [3.63, 3.8) is 0 Å². The number of hydrogen-bond donors (Lipinski definition) is 3. The molecule has 21 heavy (non-hydrogen) atoms. The summed E-state index contributed by atoms with van der Waals surface area (Å²) in [5.41, 5.74) is 2.68. The van der Waals surface area contributed by atoms with Crippen molar-refractivity contribution in [3.8, 4) is 0 Å². The lowest BCUT2D eigenvalue weighted by Gasteiger charge is -2.33. The lowest BCUT2D eigenvalue weighted by molar-refractivity contribution is 0.0943. The van der Waals surface area contributed by atoms with E-state index in [1.807, 2.05) is 0 Å². The lowest BCUT2D eigenvalue weighted by Crippen LogP contribution is -2.39. The highest BCUT2D eigenvalue weighted by molar-refractivity contribution is 5.92. The molecule has 4 N–H and O–H groups in total.